The van der Waals surface area contributed by atoms with Gasteiger partial charge in [-0.25, -0.2) is 0 Å². The molecule has 16 heavy (non-hydrogen) atoms. The first kappa shape index (κ1) is 13.8. The van der Waals surface area contributed by atoms with E-state index in [1.807, 2.05) is 0 Å². The normalized spacial score (nSPS) is 26.3. The minimum absolute atomic E-state index is 0.507. The molecule has 0 radical (unpaired) electrons. The lowest BCUT2D eigenvalue weighted by atomic mass is 9.65. The SMILES string of the molecule is C=CCC(NCCC)C1CCCCC1(C)C. The Labute approximate surface area is 102 Å². The second-order valence-corrected chi connectivity index (χ2v) is 5.93. The molecular weight excluding hydrogens is 194 g/mol. The van der Waals surface area contributed by atoms with Gasteiger partial charge in [-0.2, -0.15) is 0 Å². The van der Waals surface area contributed by atoms with Crippen LogP contribution in [0.1, 0.15) is 59.3 Å². The Morgan fingerprint density at radius 3 is 2.75 bits per heavy atom. The van der Waals surface area contributed by atoms with Crippen LogP contribution in [0.15, 0.2) is 12.7 Å². The minimum Gasteiger partial charge on any atom is -0.313 e. The van der Waals surface area contributed by atoms with Crippen LogP contribution in [0.25, 0.3) is 0 Å². The lowest BCUT2D eigenvalue weighted by Crippen LogP contribution is -2.44. The third-order valence-corrected chi connectivity index (χ3v) is 4.15. The Balaban J connectivity index is 2.62. The maximum Gasteiger partial charge on any atom is 0.0135 e. The molecule has 0 aromatic rings. The summed E-state index contributed by atoms with van der Waals surface area (Å²) in [5, 5.41) is 3.72. The summed E-state index contributed by atoms with van der Waals surface area (Å²) in [5.41, 5.74) is 0.507. The number of rotatable bonds is 6. The second kappa shape index (κ2) is 6.44. The fourth-order valence-electron chi connectivity index (χ4n) is 3.17. The monoisotopic (exact) mass is 223 g/mol. The van der Waals surface area contributed by atoms with E-state index in [9.17, 15) is 0 Å². The molecule has 0 saturated heterocycles. The number of nitrogens with one attached hydrogen (secondary N) is 1. The predicted molar refractivity (Wildman–Crippen MR) is 72.6 cm³/mol. The summed E-state index contributed by atoms with van der Waals surface area (Å²) < 4.78 is 0. The molecule has 1 rings (SSSR count). The Kier molecular flexibility index (Phi) is 5.54. The molecule has 0 aromatic carbocycles. The molecule has 2 atom stereocenters. The van der Waals surface area contributed by atoms with Crippen LogP contribution in [0, 0.1) is 11.3 Å². The predicted octanol–water partition coefficient (Wildman–Crippen LogP) is 4.15. The van der Waals surface area contributed by atoms with Gasteiger partial charge in [0.1, 0.15) is 0 Å². The molecule has 0 heterocycles. The van der Waals surface area contributed by atoms with Crippen molar-refractivity contribution in [1.82, 2.24) is 5.32 Å². The van der Waals surface area contributed by atoms with Gasteiger partial charge in [0.05, 0.1) is 0 Å². The largest absolute Gasteiger partial charge is 0.313 e. The van der Waals surface area contributed by atoms with Crippen LogP contribution in [0.2, 0.25) is 0 Å². The third-order valence-electron chi connectivity index (χ3n) is 4.15. The van der Waals surface area contributed by atoms with E-state index in [1.165, 1.54) is 32.1 Å². The van der Waals surface area contributed by atoms with Crippen molar-refractivity contribution >= 4 is 0 Å². The molecule has 0 aromatic heterocycles. The standard InChI is InChI=1S/C15H29N/c1-5-9-14(16-12-6-2)13-10-7-8-11-15(13,3)4/h5,13-14,16H,1,6-12H2,2-4H3. The molecule has 0 bridgehead atoms. The van der Waals surface area contributed by atoms with Crippen LogP contribution < -0.4 is 5.32 Å². The van der Waals surface area contributed by atoms with E-state index < -0.39 is 0 Å². The minimum atomic E-state index is 0.507. The molecule has 1 heteroatoms. The van der Waals surface area contributed by atoms with Crippen molar-refractivity contribution in [3.63, 3.8) is 0 Å². The highest BCUT2D eigenvalue weighted by atomic mass is 14.9. The van der Waals surface area contributed by atoms with E-state index in [0.717, 1.165) is 18.9 Å². The Morgan fingerprint density at radius 1 is 1.44 bits per heavy atom. The Morgan fingerprint density at radius 2 is 2.19 bits per heavy atom. The molecule has 1 saturated carbocycles. The van der Waals surface area contributed by atoms with Gasteiger partial charge in [0.15, 0.2) is 0 Å². The number of hydrogen-bond acceptors (Lipinski definition) is 1. The molecule has 2 unspecified atom stereocenters. The lowest BCUT2D eigenvalue weighted by molar-refractivity contribution is 0.0991. The maximum absolute atomic E-state index is 3.91. The first-order valence-corrected chi connectivity index (χ1v) is 6.96. The van der Waals surface area contributed by atoms with E-state index in [-0.39, 0.29) is 0 Å². The van der Waals surface area contributed by atoms with Crippen LogP contribution in [-0.4, -0.2) is 12.6 Å². The molecule has 0 amide bonds. The average Bonchev–Trinajstić information content (AvgIpc) is 2.24. The molecule has 1 aliphatic carbocycles. The van der Waals surface area contributed by atoms with Crippen LogP contribution in [0.4, 0.5) is 0 Å². The fraction of sp³-hybridized carbons (Fsp3) is 0.867. The third kappa shape index (κ3) is 3.62. The van der Waals surface area contributed by atoms with Crippen molar-refractivity contribution in [3.05, 3.63) is 12.7 Å². The maximum atomic E-state index is 3.91. The van der Waals surface area contributed by atoms with Gasteiger partial charge in [0.2, 0.25) is 0 Å². The molecule has 1 N–H and O–H groups in total. The quantitative estimate of drug-likeness (QED) is 0.667. The average molecular weight is 223 g/mol. The van der Waals surface area contributed by atoms with Crippen LogP contribution in [0.3, 0.4) is 0 Å². The Hall–Kier alpha value is -0.300. The first-order valence-electron chi connectivity index (χ1n) is 6.96. The lowest BCUT2D eigenvalue weighted by Gasteiger charge is -2.43. The van der Waals surface area contributed by atoms with Crippen molar-refractivity contribution in [2.24, 2.45) is 11.3 Å². The van der Waals surface area contributed by atoms with Crippen LogP contribution in [-0.2, 0) is 0 Å². The summed E-state index contributed by atoms with van der Waals surface area (Å²) in [5.74, 6) is 0.825. The van der Waals surface area contributed by atoms with Crippen molar-refractivity contribution < 1.29 is 0 Å². The topological polar surface area (TPSA) is 12.0 Å². The summed E-state index contributed by atoms with van der Waals surface area (Å²) in [6.07, 6.45) is 10.0. The van der Waals surface area contributed by atoms with E-state index >= 15 is 0 Å². The van der Waals surface area contributed by atoms with E-state index in [4.69, 9.17) is 0 Å². The summed E-state index contributed by atoms with van der Waals surface area (Å²) in [7, 11) is 0. The summed E-state index contributed by atoms with van der Waals surface area (Å²) in [6.45, 7) is 12.2. The van der Waals surface area contributed by atoms with Gasteiger partial charge >= 0.3 is 0 Å². The van der Waals surface area contributed by atoms with Gasteiger partial charge in [-0.3, -0.25) is 0 Å². The zero-order valence-electron chi connectivity index (χ0n) is 11.4. The summed E-state index contributed by atoms with van der Waals surface area (Å²) >= 11 is 0. The van der Waals surface area contributed by atoms with Gasteiger partial charge in [-0.05, 0) is 43.6 Å². The van der Waals surface area contributed by atoms with Gasteiger partial charge in [0, 0.05) is 6.04 Å². The molecule has 1 fully saturated rings. The van der Waals surface area contributed by atoms with Crippen molar-refractivity contribution in [2.75, 3.05) is 6.54 Å². The molecular formula is C15H29N. The molecule has 0 spiro atoms. The summed E-state index contributed by atoms with van der Waals surface area (Å²) in [6, 6.07) is 0.646. The van der Waals surface area contributed by atoms with Gasteiger partial charge in [0.25, 0.3) is 0 Å². The molecule has 1 aliphatic rings. The van der Waals surface area contributed by atoms with Crippen molar-refractivity contribution in [2.45, 2.75) is 65.3 Å². The van der Waals surface area contributed by atoms with Gasteiger partial charge in [-0.1, -0.05) is 39.7 Å². The Bertz CT molecular complexity index is 207. The van der Waals surface area contributed by atoms with Crippen LogP contribution in [0.5, 0.6) is 0 Å². The number of hydrogen-bond donors (Lipinski definition) is 1. The zero-order valence-corrected chi connectivity index (χ0v) is 11.4. The highest BCUT2D eigenvalue weighted by Crippen LogP contribution is 2.42. The van der Waals surface area contributed by atoms with Crippen molar-refractivity contribution in [1.29, 1.82) is 0 Å². The van der Waals surface area contributed by atoms with E-state index in [2.05, 4.69) is 38.7 Å². The molecule has 0 aliphatic heterocycles. The smallest absolute Gasteiger partial charge is 0.0135 e. The zero-order chi connectivity index (χ0) is 12.0. The van der Waals surface area contributed by atoms with Gasteiger partial charge < -0.3 is 5.32 Å². The first-order chi connectivity index (χ1) is 7.61. The fourth-order valence-corrected chi connectivity index (χ4v) is 3.17. The highest BCUT2D eigenvalue weighted by molar-refractivity contribution is 4.93. The van der Waals surface area contributed by atoms with E-state index in [0.29, 0.717) is 11.5 Å². The van der Waals surface area contributed by atoms with Crippen LogP contribution >= 0.6 is 0 Å². The second-order valence-electron chi connectivity index (χ2n) is 5.93. The molecule has 94 valence electrons. The summed E-state index contributed by atoms with van der Waals surface area (Å²) in [4.78, 5) is 0. The molecule has 1 nitrogen and oxygen atoms in total. The van der Waals surface area contributed by atoms with Crippen molar-refractivity contribution in [3.8, 4) is 0 Å². The van der Waals surface area contributed by atoms with E-state index in [1.54, 1.807) is 0 Å². The van der Waals surface area contributed by atoms with Gasteiger partial charge in [-0.15, -0.1) is 6.58 Å². The highest BCUT2D eigenvalue weighted by Gasteiger charge is 2.36.